The summed E-state index contributed by atoms with van der Waals surface area (Å²) in [6.07, 6.45) is 1.03. The van der Waals surface area contributed by atoms with Crippen LogP contribution in [0.4, 0.5) is 4.79 Å². The van der Waals surface area contributed by atoms with Crippen LogP contribution in [0.25, 0.3) is 11.3 Å². The maximum absolute atomic E-state index is 13.7. The van der Waals surface area contributed by atoms with E-state index in [4.69, 9.17) is 16.0 Å². The number of carbonyl (C=O) groups excluding carboxylic acids is 1. The number of carbonyl (C=O) groups is 2. The van der Waals surface area contributed by atoms with Gasteiger partial charge in [0.1, 0.15) is 11.5 Å². The number of hydrogen-bond acceptors (Lipinski definition) is 6. The number of benzene rings is 3. The quantitative estimate of drug-likeness (QED) is 0.134. The molecule has 47 heavy (non-hydrogen) atoms. The molecular weight excluding hydrogens is 614 g/mol. The molecule has 2 unspecified atom stereocenters. The molecule has 3 aromatic carbocycles. The molecule has 0 aliphatic carbocycles. The molecule has 0 bridgehead atoms. The summed E-state index contributed by atoms with van der Waals surface area (Å²) in [6.45, 7) is 6.16. The average molecular weight is 654 g/mol. The van der Waals surface area contributed by atoms with Crippen molar-refractivity contribution in [2.45, 2.75) is 57.8 Å². The first-order valence-corrected chi connectivity index (χ1v) is 16.3. The Kier molecular flexibility index (Phi) is 11.3. The van der Waals surface area contributed by atoms with Gasteiger partial charge < -0.3 is 30.4 Å². The van der Waals surface area contributed by atoms with Gasteiger partial charge in [-0.15, -0.1) is 0 Å². The van der Waals surface area contributed by atoms with E-state index in [1.807, 2.05) is 30.3 Å². The number of carboxylic acid groups (broad SMARTS) is 1. The van der Waals surface area contributed by atoms with Gasteiger partial charge >= 0.3 is 6.09 Å². The summed E-state index contributed by atoms with van der Waals surface area (Å²) < 4.78 is 6.15. The molecule has 9 nitrogen and oxygen atoms in total. The van der Waals surface area contributed by atoms with E-state index in [9.17, 15) is 20.0 Å². The zero-order valence-electron chi connectivity index (χ0n) is 26.6. The molecule has 1 aliphatic heterocycles. The maximum atomic E-state index is 13.7. The van der Waals surface area contributed by atoms with Gasteiger partial charge in [0, 0.05) is 43.3 Å². The van der Waals surface area contributed by atoms with Crippen LogP contribution in [0.1, 0.15) is 64.2 Å². The van der Waals surface area contributed by atoms with Crippen LogP contribution in [0.15, 0.2) is 83.3 Å². The summed E-state index contributed by atoms with van der Waals surface area (Å²) in [6, 6.07) is 27.0. The lowest BCUT2D eigenvalue weighted by atomic mass is 10.0. The fraction of sp³-hybridized carbons (Fsp3) is 0.324. The van der Waals surface area contributed by atoms with E-state index < -0.39 is 6.09 Å². The van der Waals surface area contributed by atoms with Gasteiger partial charge in [0.2, 0.25) is 0 Å². The van der Waals surface area contributed by atoms with Crippen molar-refractivity contribution in [3.8, 4) is 17.4 Å². The van der Waals surface area contributed by atoms with Crippen LogP contribution >= 0.6 is 11.6 Å². The number of nitrogens with one attached hydrogen (secondary N) is 3. The van der Waals surface area contributed by atoms with Gasteiger partial charge in [-0.05, 0) is 86.7 Å². The van der Waals surface area contributed by atoms with Crippen molar-refractivity contribution in [2.24, 2.45) is 0 Å². The molecule has 0 saturated carbocycles. The largest absolute Gasteiger partial charge is 0.465 e. The SMILES string of the molecule is Cc1ccc(C(C)NCc2ccc(-c3ccc(Cl)c(C(=O)NC(CNC4CCN(C(=O)O)CC4)Cc4ccc(C#N)cc4)c3)o2)cc1. The zero-order chi connectivity index (χ0) is 33.3. The highest BCUT2D eigenvalue weighted by Crippen LogP contribution is 2.28. The average Bonchev–Trinajstić information content (AvgIpc) is 3.56. The highest BCUT2D eigenvalue weighted by atomic mass is 35.5. The number of furan rings is 1. The molecule has 2 atom stereocenters. The molecular formula is C37H40ClN5O4. The number of hydrogen-bond donors (Lipinski definition) is 4. The van der Waals surface area contributed by atoms with E-state index in [-0.39, 0.29) is 24.0 Å². The van der Waals surface area contributed by atoms with Crippen LogP contribution in [0.2, 0.25) is 5.02 Å². The molecule has 1 fully saturated rings. The van der Waals surface area contributed by atoms with Gasteiger partial charge in [0.25, 0.3) is 5.91 Å². The lowest BCUT2D eigenvalue weighted by Crippen LogP contribution is -2.49. The molecule has 4 N–H and O–H groups in total. The molecule has 0 spiro atoms. The monoisotopic (exact) mass is 653 g/mol. The van der Waals surface area contributed by atoms with Crippen molar-refractivity contribution in [3.63, 3.8) is 0 Å². The van der Waals surface area contributed by atoms with Crippen molar-refractivity contribution < 1.29 is 19.1 Å². The lowest BCUT2D eigenvalue weighted by Gasteiger charge is -2.31. The van der Waals surface area contributed by atoms with Crippen molar-refractivity contribution in [1.29, 1.82) is 5.26 Å². The van der Waals surface area contributed by atoms with Crippen LogP contribution in [0, 0.1) is 18.3 Å². The fourth-order valence-corrected chi connectivity index (χ4v) is 5.93. The Hall–Kier alpha value is -4.62. The Morgan fingerprint density at radius 3 is 2.45 bits per heavy atom. The molecule has 5 rings (SSSR count). The minimum Gasteiger partial charge on any atom is -0.465 e. The second-order valence-electron chi connectivity index (χ2n) is 12.1. The predicted octanol–water partition coefficient (Wildman–Crippen LogP) is 6.70. The summed E-state index contributed by atoms with van der Waals surface area (Å²) in [7, 11) is 0. The number of halogens is 1. The molecule has 4 aromatic rings. The zero-order valence-corrected chi connectivity index (χ0v) is 27.4. The predicted molar refractivity (Wildman–Crippen MR) is 182 cm³/mol. The van der Waals surface area contributed by atoms with Crippen molar-refractivity contribution in [2.75, 3.05) is 19.6 Å². The maximum Gasteiger partial charge on any atom is 0.407 e. The van der Waals surface area contributed by atoms with Gasteiger partial charge in [-0.3, -0.25) is 4.79 Å². The van der Waals surface area contributed by atoms with Crippen molar-refractivity contribution >= 4 is 23.6 Å². The van der Waals surface area contributed by atoms with Gasteiger partial charge in [-0.2, -0.15) is 5.26 Å². The Morgan fingerprint density at radius 1 is 1.04 bits per heavy atom. The van der Waals surface area contributed by atoms with E-state index in [1.165, 1.54) is 16.0 Å². The number of rotatable bonds is 12. The van der Waals surface area contributed by atoms with Gasteiger partial charge in [0.15, 0.2) is 0 Å². The van der Waals surface area contributed by atoms with E-state index in [1.54, 1.807) is 24.3 Å². The minimum absolute atomic E-state index is 0.139. The molecule has 10 heteroatoms. The molecule has 2 amide bonds. The number of likely N-dealkylation sites (tertiary alicyclic amines) is 1. The normalized spacial score (nSPS) is 14.7. The van der Waals surface area contributed by atoms with Crippen LogP contribution in [0.3, 0.4) is 0 Å². The Morgan fingerprint density at radius 2 is 1.77 bits per heavy atom. The van der Waals surface area contributed by atoms with Crippen LogP contribution in [-0.2, 0) is 13.0 Å². The topological polar surface area (TPSA) is 131 Å². The number of piperidine rings is 1. The number of amides is 2. The van der Waals surface area contributed by atoms with Gasteiger partial charge in [-0.25, -0.2) is 4.79 Å². The molecule has 2 heterocycles. The third-order valence-corrected chi connectivity index (χ3v) is 8.97. The first-order valence-electron chi connectivity index (χ1n) is 15.9. The minimum atomic E-state index is -0.899. The number of aryl methyl sites for hydroxylation is 1. The van der Waals surface area contributed by atoms with Crippen LogP contribution < -0.4 is 16.0 Å². The van der Waals surface area contributed by atoms with Crippen LogP contribution in [-0.4, -0.2) is 53.7 Å². The number of nitrogens with zero attached hydrogens (tertiary/aromatic N) is 2. The molecule has 1 aliphatic rings. The van der Waals surface area contributed by atoms with Gasteiger partial charge in [0.05, 0.1) is 28.8 Å². The molecule has 0 radical (unpaired) electrons. The van der Waals surface area contributed by atoms with E-state index >= 15 is 0 Å². The molecule has 1 aromatic heterocycles. The third-order valence-electron chi connectivity index (χ3n) is 8.64. The molecule has 244 valence electrons. The van der Waals surface area contributed by atoms with Gasteiger partial charge in [-0.1, -0.05) is 53.6 Å². The highest BCUT2D eigenvalue weighted by molar-refractivity contribution is 6.34. The Balaban J connectivity index is 1.25. The van der Waals surface area contributed by atoms with E-state index in [0.29, 0.717) is 67.4 Å². The third kappa shape index (κ3) is 9.23. The van der Waals surface area contributed by atoms with E-state index in [2.05, 4.69) is 60.1 Å². The summed E-state index contributed by atoms with van der Waals surface area (Å²) in [5.41, 5.74) is 5.05. The van der Waals surface area contributed by atoms with Crippen molar-refractivity contribution in [1.82, 2.24) is 20.9 Å². The highest BCUT2D eigenvalue weighted by Gasteiger charge is 2.24. The first-order chi connectivity index (χ1) is 22.7. The smallest absolute Gasteiger partial charge is 0.407 e. The number of nitriles is 1. The Labute approximate surface area is 280 Å². The second-order valence-corrected chi connectivity index (χ2v) is 12.5. The fourth-order valence-electron chi connectivity index (χ4n) is 5.73. The summed E-state index contributed by atoms with van der Waals surface area (Å²) >= 11 is 6.55. The Bertz CT molecular complexity index is 1710. The van der Waals surface area contributed by atoms with E-state index in [0.717, 1.165) is 16.9 Å². The first kappa shape index (κ1) is 33.7. The molecule has 1 saturated heterocycles. The standard InChI is InChI=1S/C37H40ClN5O4/c1-24-3-9-28(10-4-24)25(2)40-23-32-12-14-35(47-32)29-11-13-34(38)33(20-29)36(44)42-31(19-26-5-7-27(21-39)8-6-26)22-41-30-15-17-43(18-16-30)37(45)46/h3-14,20,25,30-31,40-41H,15-19,22-23H2,1-2H3,(H,42,44)(H,45,46). The summed E-state index contributed by atoms with van der Waals surface area (Å²) in [5.74, 6) is 1.11. The van der Waals surface area contributed by atoms with Crippen molar-refractivity contribution in [3.05, 3.63) is 117 Å². The summed E-state index contributed by atoms with van der Waals surface area (Å²) in [5, 5.41) is 29.0. The second kappa shape index (κ2) is 15.8. The lowest BCUT2D eigenvalue weighted by molar-refractivity contribution is 0.0933. The van der Waals surface area contributed by atoms with Crippen LogP contribution in [0.5, 0.6) is 0 Å². The summed E-state index contributed by atoms with van der Waals surface area (Å²) in [4.78, 5) is 26.4.